The third-order valence-corrected chi connectivity index (χ3v) is 5.26. The third-order valence-electron chi connectivity index (χ3n) is 5.26. The van der Waals surface area contributed by atoms with Crippen LogP contribution in [0.5, 0.6) is 0 Å². The lowest BCUT2D eigenvalue weighted by atomic mass is 9.86. The zero-order valence-electron chi connectivity index (χ0n) is 14.6. The molecule has 1 unspecified atom stereocenters. The van der Waals surface area contributed by atoms with Crippen LogP contribution >= 0.6 is 0 Å². The van der Waals surface area contributed by atoms with Crippen LogP contribution in [-0.2, 0) is 4.79 Å². The number of hydrogen-bond donors (Lipinski definition) is 1. The van der Waals surface area contributed by atoms with Crippen LogP contribution in [0.2, 0.25) is 0 Å². The monoisotopic (exact) mass is 371 g/mol. The Kier molecular flexibility index (Phi) is 4.30. The van der Waals surface area contributed by atoms with Crippen molar-refractivity contribution in [3.63, 3.8) is 0 Å². The van der Waals surface area contributed by atoms with Gasteiger partial charge in [-0.1, -0.05) is 6.07 Å². The van der Waals surface area contributed by atoms with Crippen molar-refractivity contribution in [2.24, 2.45) is 5.41 Å². The van der Waals surface area contributed by atoms with E-state index in [1.54, 1.807) is 21.9 Å². The Morgan fingerprint density at radius 1 is 1.04 bits per heavy atom. The molecule has 7 heteroatoms. The van der Waals surface area contributed by atoms with Crippen molar-refractivity contribution in [2.75, 3.05) is 29.9 Å². The van der Waals surface area contributed by atoms with Crippen molar-refractivity contribution in [1.29, 1.82) is 0 Å². The van der Waals surface area contributed by atoms with Gasteiger partial charge in [0.25, 0.3) is 0 Å². The molecule has 4 rings (SSSR count). The van der Waals surface area contributed by atoms with Gasteiger partial charge < -0.3 is 15.1 Å². The van der Waals surface area contributed by atoms with Crippen LogP contribution in [0.3, 0.4) is 0 Å². The van der Waals surface area contributed by atoms with Gasteiger partial charge in [0.05, 0.1) is 0 Å². The lowest BCUT2D eigenvalue weighted by molar-refractivity contribution is -0.117. The Bertz CT molecular complexity index is 887. The smallest absolute Gasteiger partial charge is 0.321 e. The normalized spacial score (nSPS) is 21.9. The van der Waals surface area contributed by atoms with Crippen LogP contribution in [0, 0.1) is 17.0 Å². The zero-order chi connectivity index (χ0) is 19.0. The van der Waals surface area contributed by atoms with Crippen molar-refractivity contribution in [1.82, 2.24) is 4.90 Å². The fraction of sp³-hybridized carbons (Fsp3) is 0.300. The van der Waals surface area contributed by atoms with E-state index in [2.05, 4.69) is 5.32 Å². The number of benzene rings is 2. The topological polar surface area (TPSA) is 52.7 Å². The average molecular weight is 371 g/mol. The van der Waals surface area contributed by atoms with Crippen LogP contribution in [0.25, 0.3) is 0 Å². The van der Waals surface area contributed by atoms with E-state index < -0.39 is 0 Å². The molecule has 1 atom stereocenters. The van der Waals surface area contributed by atoms with Gasteiger partial charge in [0, 0.05) is 42.8 Å². The molecule has 2 aromatic rings. The maximum Gasteiger partial charge on any atom is 0.321 e. The van der Waals surface area contributed by atoms with Gasteiger partial charge >= 0.3 is 6.03 Å². The van der Waals surface area contributed by atoms with Gasteiger partial charge in [-0.3, -0.25) is 4.79 Å². The number of likely N-dealkylation sites (tertiary alicyclic amines) is 1. The molecule has 0 aliphatic carbocycles. The maximum absolute atomic E-state index is 13.5. The van der Waals surface area contributed by atoms with Crippen molar-refractivity contribution in [3.8, 4) is 0 Å². The number of hydrogen-bond acceptors (Lipinski definition) is 2. The van der Waals surface area contributed by atoms with E-state index in [1.807, 2.05) is 0 Å². The molecule has 2 aliphatic rings. The first-order valence-electron chi connectivity index (χ1n) is 8.82. The summed E-state index contributed by atoms with van der Waals surface area (Å²) in [6.07, 6.45) is 1.05. The second-order valence-electron chi connectivity index (χ2n) is 7.25. The number of nitrogens with one attached hydrogen (secondary N) is 1. The Labute approximate surface area is 155 Å². The molecular formula is C20H19F2N3O2. The minimum atomic E-state index is -0.382. The Balaban J connectivity index is 1.43. The van der Waals surface area contributed by atoms with E-state index in [0.717, 1.165) is 0 Å². The van der Waals surface area contributed by atoms with Gasteiger partial charge in [-0.15, -0.1) is 0 Å². The van der Waals surface area contributed by atoms with Crippen LogP contribution in [0.4, 0.5) is 25.0 Å². The predicted octanol–water partition coefficient (Wildman–Crippen LogP) is 3.63. The quantitative estimate of drug-likeness (QED) is 0.877. The molecule has 0 radical (unpaired) electrons. The molecule has 2 aromatic carbocycles. The van der Waals surface area contributed by atoms with E-state index in [-0.39, 0.29) is 29.0 Å². The lowest BCUT2D eigenvalue weighted by Gasteiger charge is -2.24. The number of urea groups is 1. The molecule has 3 amide bonds. The Morgan fingerprint density at radius 3 is 2.56 bits per heavy atom. The highest BCUT2D eigenvalue weighted by atomic mass is 19.1. The number of anilines is 2. The van der Waals surface area contributed by atoms with Gasteiger partial charge in [0.2, 0.25) is 5.91 Å². The molecule has 27 heavy (non-hydrogen) atoms. The fourth-order valence-electron chi connectivity index (χ4n) is 3.89. The summed E-state index contributed by atoms with van der Waals surface area (Å²) in [6, 6.07) is 11.3. The first-order valence-corrected chi connectivity index (χ1v) is 8.82. The van der Waals surface area contributed by atoms with Crippen LogP contribution in [0.1, 0.15) is 12.8 Å². The summed E-state index contributed by atoms with van der Waals surface area (Å²) >= 11 is 0. The molecule has 0 saturated carbocycles. The SMILES string of the molecule is O=C(Nc1ccc(F)cc1)N1CCC2(CC(=O)N(c3cccc(F)c3)C2)C1. The minimum absolute atomic E-state index is 0.0543. The second kappa shape index (κ2) is 6.64. The highest BCUT2D eigenvalue weighted by molar-refractivity contribution is 5.97. The summed E-state index contributed by atoms with van der Waals surface area (Å²) in [6.45, 7) is 1.46. The Morgan fingerprint density at radius 2 is 1.81 bits per heavy atom. The van der Waals surface area contributed by atoms with Gasteiger partial charge in [0.15, 0.2) is 0 Å². The first-order chi connectivity index (χ1) is 12.9. The average Bonchev–Trinajstić information content (AvgIpc) is 3.20. The van der Waals surface area contributed by atoms with E-state index in [9.17, 15) is 18.4 Å². The second-order valence-corrected chi connectivity index (χ2v) is 7.25. The lowest BCUT2D eigenvalue weighted by Crippen LogP contribution is -2.36. The van der Waals surface area contributed by atoms with Crippen LogP contribution in [-0.4, -0.2) is 36.5 Å². The van der Waals surface area contributed by atoms with Gasteiger partial charge in [-0.25, -0.2) is 13.6 Å². The van der Waals surface area contributed by atoms with Crippen molar-refractivity contribution in [2.45, 2.75) is 12.8 Å². The zero-order valence-corrected chi connectivity index (χ0v) is 14.6. The number of rotatable bonds is 2. The molecule has 1 N–H and O–H groups in total. The number of carbonyl (C=O) groups is 2. The van der Waals surface area contributed by atoms with E-state index in [0.29, 0.717) is 43.9 Å². The predicted molar refractivity (Wildman–Crippen MR) is 97.4 cm³/mol. The molecule has 5 nitrogen and oxygen atoms in total. The third kappa shape index (κ3) is 3.49. The fourth-order valence-corrected chi connectivity index (χ4v) is 3.89. The highest BCUT2D eigenvalue weighted by Gasteiger charge is 2.48. The molecule has 2 aliphatic heterocycles. The Hall–Kier alpha value is -2.96. The molecule has 2 saturated heterocycles. The largest absolute Gasteiger partial charge is 0.324 e. The highest BCUT2D eigenvalue weighted by Crippen LogP contribution is 2.42. The first kappa shape index (κ1) is 17.5. The summed E-state index contributed by atoms with van der Waals surface area (Å²) in [4.78, 5) is 28.3. The number of carbonyl (C=O) groups excluding carboxylic acids is 2. The number of amides is 3. The number of nitrogens with zero attached hydrogens (tertiary/aromatic N) is 2. The summed E-state index contributed by atoms with van der Waals surface area (Å²) in [7, 11) is 0. The molecule has 0 aromatic heterocycles. The molecule has 2 fully saturated rings. The molecule has 1 spiro atoms. The van der Waals surface area contributed by atoms with Crippen LogP contribution in [0.15, 0.2) is 48.5 Å². The van der Waals surface area contributed by atoms with Gasteiger partial charge in [-0.2, -0.15) is 0 Å². The standard InChI is InChI=1S/C20H19F2N3O2/c21-14-4-6-16(7-5-14)23-19(27)24-9-8-20(12-24)11-18(26)25(13-20)17-3-1-2-15(22)10-17/h1-7,10H,8-9,11-13H2,(H,23,27). The summed E-state index contributed by atoms with van der Waals surface area (Å²) in [5.74, 6) is -0.801. The summed E-state index contributed by atoms with van der Waals surface area (Å²) < 4.78 is 26.5. The van der Waals surface area contributed by atoms with Gasteiger partial charge in [-0.05, 0) is 48.9 Å². The van der Waals surface area contributed by atoms with Crippen molar-refractivity contribution >= 4 is 23.3 Å². The maximum atomic E-state index is 13.5. The van der Waals surface area contributed by atoms with E-state index in [4.69, 9.17) is 0 Å². The molecule has 140 valence electrons. The molecular weight excluding hydrogens is 352 g/mol. The van der Waals surface area contributed by atoms with Gasteiger partial charge in [0.1, 0.15) is 11.6 Å². The van der Waals surface area contributed by atoms with Crippen molar-refractivity contribution in [3.05, 3.63) is 60.2 Å². The summed E-state index contributed by atoms with van der Waals surface area (Å²) in [5.41, 5.74) is 0.751. The summed E-state index contributed by atoms with van der Waals surface area (Å²) in [5, 5.41) is 2.75. The molecule has 2 heterocycles. The van der Waals surface area contributed by atoms with Crippen molar-refractivity contribution < 1.29 is 18.4 Å². The minimum Gasteiger partial charge on any atom is -0.324 e. The van der Waals surface area contributed by atoms with Crippen LogP contribution < -0.4 is 10.2 Å². The number of halogens is 2. The van der Waals surface area contributed by atoms with E-state index >= 15 is 0 Å². The van der Waals surface area contributed by atoms with E-state index in [1.165, 1.54) is 36.4 Å². The molecule has 0 bridgehead atoms.